The molecule has 33 heavy (non-hydrogen) atoms. The molecule has 3 aromatic rings. The highest BCUT2D eigenvalue weighted by Crippen LogP contribution is 2.39. The van der Waals surface area contributed by atoms with Crippen LogP contribution in [0.5, 0.6) is 28.7 Å². The minimum absolute atomic E-state index is 0.0201. The predicted octanol–water partition coefficient (Wildman–Crippen LogP) is -0.539. The number of fused-ring (bicyclic) bond motifs is 1. The van der Waals surface area contributed by atoms with E-state index < -0.39 is 71.5 Å². The molecule has 1 saturated heterocycles. The first kappa shape index (κ1) is 22.6. The molecule has 1 fully saturated rings. The molecule has 2 aromatic carbocycles. The van der Waals surface area contributed by atoms with E-state index in [1.807, 2.05) is 0 Å². The summed E-state index contributed by atoms with van der Waals surface area (Å²) >= 11 is 0. The number of aliphatic hydroxyl groups is 4. The molecule has 0 unspecified atom stereocenters. The average molecular weight is 464 g/mol. The summed E-state index contributed by atoms with van der Waals surface area (Å²) in [7, 11) is 0. The Morgan fingerprint density at radius 2 is 1.61 bits per heavy atom. The lowest BCUT2D eigenvalue weighted by atomic mass is 9.99. The van der Waals surface area contributed by atoms with Gasteiger partial charge in [-0.25, -0.2) is 0 Å². The molecule has 0 spiro atoms. The molecule has 176 valence electrons. The number of phenolic OH excluding ortho intramolecular Hbond substituents is 4. The second-order valence-electron chi connectivity index (χ2n) is 7.45. The number of hydrogen-bond acceptors (Lipinski definition) is 12. The summed E-state index contributed by atoms with van der Waals surface area (Å²) in [6, 6.07) is 5.36. The highest BCUT2D eigenvalue weighted by atomic mass is 16.7. The van der Waals surface area contributed by atoms with E-state index in [4.69, 9.17) is 13.9 Å². The Labute approximate surface area is 184 Å². The van der Waals surface area contributed by atoms with Crippen LogP contribution in [-0.4, -0.2) is 78.2 Å². The van der Waals surface area contributed by atoms with Crippen molar-refractivity contribution < 1.29 is 54.7 Å². The van der Waals surface area contributed by atoms with Gasteiger partial charge in [-0.1, -0.05) is 0 Å². The molecule has 1 aliphatic rings. The minimum Gasteiger partial charge on any atom is -0.508 e. The Bertz CT molecular complexity index is 1250. The Morgan fingerprint density at radius 3 is 2.27 bits per heavy atom. The van der Waals surface area contributed by atoms with E-state index in [-0.39, 0.29) is 22.3 Å². The lowest BCUT2D eigenvalue weighted by molar-refractivity contribution is -0.277. The summed E-state index contributed by atoms with van der Waals surface area (Å²) in [6.07, 6.45) is -8.40. The average Bonchev–Trinajstić information content (AvgIpc) is 2.76. The lowest BCUT2D eigenvalue weighted by Gasteiger charge is -2.39. The Balaban J connectivity index is 1.91. The van der Waals surface area contributed by atoms with E-state index in [1.54, 1.807) is 0 Å². The summed E-state index contributed by atoms with van der Waals surface area (Å²) in [4.78, 5) is 13.2. The van der Waals surface area contributed by atoms with Crippen LogP contribution in [-0.2, 0) is 4.74 Å². The van der Waals surface area contributed by atoms with Crippen LogP contribution in [0, 0.1) is 0 Å². The fourth-order valence-electron chi connectivity index (χ4n) is 3.51. The van der Waals surface area contributed by atoms with Gasteiger partial charge in [0.1, 0.15) is 46.9 Å². The zero-order valence-corrected chi connectivity index (χ0v) is 16.7. The van der Waals surface area contributed by atoms with Crippen LogP contribution in [0.1, 0.15) is 0 Å². The monoisotopic (exact) mass is 464 g/mol. The largest absolute Gasteiger partial charge is 0.508 e. The molecule has 5 atom stereocenters. The molecule has 12 nitrogen and oxygen atoms in total. The van der Waals surface area contributed by atoms with Crippen LogP contribution >= 0.6 is 0 Å². The first-order chi connectivity index (χ1) is 15.6. The van der Waals surface area contributed by atoms with Crippen molar-refractivity contribution in [1.82, 2.24) is 0 Å². The number of aromatic hydroxyl groups is 4. The zero-order chi connectivity index (χ0) is 24.0. The van der Waals surface area contributed by atoms with E-state index in [1.165, 1.54) is 6.07 Å². The molecule has 2 heterocycles. The van der Waals surface area contributed by atoms with Crippen molar-refractivity contribution in [2.45, 2.75) is 30.7 Å². The highest BCUT2D eigenvalue weighted by molar-refractivity contribution is 5.88. The normalized spacial score (nSPS) is 25.3. The van der Waals surface area contributed by atoms with Gasteiger partial charge >= 0.3 is 0 Å². The second-order valence-corrected chi connectivity index (χ2v) is 7.45. The van der Waals surface area contributed by atoms with Crippen molar-refractivity contribution in [2.75, 3.05) is 6.61 Å². The van der Waals surface area contributed by atoms with Gasteiger partial charge in [-0.15, -0.1) is 0 Å². The van der Waals surface area contributed by atoms with Crippen LogP contribution in [0.2, 0.25) is 0 Å². The maximum absolute atomic E-state index is 13.2. The van der Waals surface area contributed by atoms with Gasteiger partial charge in [0.2, 0.25) is 17.5 Å². The second kappa shape index (κ2) is 8.42. The third kappa shape index (κ3) is 3.90. The summed E-state index contributed by atoms with van der Waals surface area (Å²) in [5.41, 5.74) is -1.19. The van der Waals surface area contributed by atoms with Crippen LogP contribution < -0.4 is 10.2 Å². The van der Waals surface area contributed by atoms with Crippen molar-refractivity contribution >= 4 is 11.0 Å². The number of benzene rings is 2. The molecule has 1 aromatic heterocycles. The molecule has 12 heteroatoms. The van der Waals surface area contributed by atoms with Gasteiger partial charge in [0, 0.05) is 17.7 Å². The Hall–Kier alpha value is -3.55. The van der Waals surface area contributed by atoms with Crippen molar-refractivity contribution in [1.29, 1.82) is 0 Å². The summed E-state index contributed by atoms with van der Waals surface area (Å²) in [5, 5.41) is 78.7. The van der Waals surface area contributed by atoms with Crippen LogP contribution in [0.15, 0.2) is 39.5 Å². The zero-order valence-electron chi connectivity index (χ0n) is 16.7. The predicted molar refractivity (Wildman–Crippen MR) is 109 cm³/mol. The van der Waals surface area contributed by atoms with E-state index in [0.29, 0.717) is 0 Å². The smallest absolute Gasteiger partial charge is 0.239 e. The number of aliphatic hydroxyl groups excluding tert-OH is 4. The van der Waals surface area contributed by atoms with Gasteiger partial charge in [-0.2, -0.15) is 0 Å². The van der Waals surface area contributed by atoms with Crippen LogP contribution in [0.4, 0.5) is 0 Å². The molecule has 0 aliphatic carbocycles. The molecule has 0 saturated carbocycles. The molecule has 1 aliphatic heterocycles. The molecular weight excluding hydrogens is 444 g/mol. The Kier molecular flexibility index (Phi) is 5.78. The molecule has 0 radical (unpaired) electrons. The topological polar surface area (TPSA) is 211 Å². The summed E-state index contributed by atoms with van der Waals surface area (Å²) < 4.78 is 16.5. The van der Waals surface area contributed by atoms with Gasteiger partial charge in [0.15, 0.2) is 17.3 Å². The van der Waals surface area contributed by atoms with Crippen molar-refractivity contribution in [2.24, 2.45) is 0 Å². The van der Waals surface area contributed by atoms with Crippen molar-refractivity contribution in [3.05, 3.63) is 40.6 Å². The third-order valence-corrected chi connectivity index (χ3v) is 5.24. The maximum Gasteiger partial charge on any atom is 0.239 e. The highest BCUT2D eigenvalue weighted by Gasteiger charge is 2.45. The lowest BCUT2D eigenvalue weighted by Crippen LogP contribution is -2.60. The van der Waals surface area contributed by atoms with Gasteiger partial charge in [-0.05, 0) is 18.2 Å². The van der Waals surface area contributed by atoms with E-state index in [0.717, 1.165) is 24.3 Å². The summed E-state index contributed by atoms with van der Waals surface area (Å²) in [5.74, 6) is -3.05. The van der Waals surface area contributed by atoms with Crippen LogP contribution in [0.25, 0.3) is 22.3 Å². The van der Waals surface area contributed by atoms with Gasteiger partial charge in [-0.3, -0.25) is 4.79 Å². The van der Waals surface area contributed by atoms with E-state index in [2.05, 4.69) is 0 Å². The number of rotatable bonds is 4. The molecule has 0 bridgehead atoms. The number of phenols is 4. The molecular formula is C21H20O12. The molecule has 4 rings (SSSR count). The number of ether oxygens (including phenoxy) is 2. The quantitative estimate of drug-likeness (QED) is 0.229. The van der Waals surface area contributed by atoms with Gasteiger partial charge < -0.3 is 54.7 Å². The minimum atomic E-state index is -1.85. The maximum atomic E-state index is 13.2. The number of hydrogen-bond donors (Lipinski definition) is 8. The fourth-order valence-corrected chi connectivity index (χ4v) is 3.51. The first-order valence-electron chi connectivity index (χ1n) is 9.64. The standard InChI is InChI=1S/C21H20O12/c22-6-13-15(27)17(29)18(30)21(32-13)33-20-16(28)14-11(26)4-8(23)5-12(14)31-19(20)7-1-2-9(24)10(25)3-7/h1-5,13,15,17-18,21-27,29-30H,6H2/t13-,15-,17+,18+,21-/m1/s1. The SMILES string of the molecule is O=c1c(O[C@H]2O[C@H](CO)[C@@H](O)[C@H](O)[C@@H]2O)c(-c2ccc(O)c(O)c2)oc2cc(O)cc(O)c12. The van der Waals surface area contributed by atoms with Crippen LogP contribution in [0.3, 0.4) is 0 Å². The van der Waals surface area contributed by atoms with Gasteiger partial charge in [0.25, 0.3) is 0 Å². The Morgan fingerprint density at radius 1 is 0.879 bits per heavy atom. The van der Waals surface area contributed by atoms with E-state index in [9.17, 15) is 45.6 Å². The van der Waals surface area contributed by atoms with Crippen molar-refractivity contribution in [3.63, 3.8) is 0 Å². The first-order valence-corrected chi connectivity index (χ1v) is 9.64. The van der Waals surface area contributed by atoms with Gasteiger partial charge in [0.05, 0.1) is 6.61 Å². The van der Waals surface area contributed by atoms with Crippen molar-refractivity contribution in [3.8, 4) is 40.1 Å². The van der Waals surface area contributed by atoms with E-state index >= 15 is 0 Å². The molecule has 0 amide bonds. The molecule has 8 N–H and O–H groups in total. The third-order valence-electron chi connectivity index (χ3n) is 5.24. The fraction of sp³-hybridized carbons (Fsp3) is 0.286. The summed E-state index contributed by atoms with van der Waals surface area (Å²) in [6.45, 7) is -0.740.